The molecule has 0 aromatic carbocycles. The Morgan fingerprint density at radius 2 is 1.67 bits per heavy atom. The van der Waals surface area contributed by atoms with Crippen LogP contribution in [-0.4, -0.2) is 12.6 Å². The van der Waals surface area contributed by atoms with E-state index in [2.05, 4.69) is 27.4 Å². The van der Waals surface area contributed by atoms with Gasteiger partial charge in [0, 0.05) is 5.57 Å². The minimum Gasteiger partial charge on any atom is -0.462 e. The van der Waals surface area contributed by atoms with E-state index in [9.17, 15) is 4.79 Å². The molecule has 0 radical (unpaired) electrons. The number of unbranched alkanes of at least 4 members (excludes halogenated alkanes) is 4. The van der Waals surface area contributed by atoms with Crippen LogP contribution in [0.25, 0.3) is 0 Å². The van der Waals surface area contributed by atoms with E-state index in [1.54, 1.807) is 6.92 Å². The van der Waals surface area contributed by atoms with Crippen molar-refractivity contribution in [1.82, 2.24) is 0 Å². The second kappa shape index (κ2) is 9.18. The van der Waals surface area contributed by atoms with Gasteiger partial charge in [-0.25, -0.2) is 4.79 Å². The highest BCUT2D eigenvalue weighted by molar-refractivity contribution is 5.86. The number of rotatable bonds is 10. The summed E-state index contributed by atoms with van der Waals surface area (Å²) < 4.78 is 5.04. The topological polar surface area (TPSA) is 26.3 Å². The van der Waals surface area contributed by atoms with Crippen LogP contribution < -0.4 is 0 Å². The van der Waals surface area contributed by atoms with E-state index in [0.717, 1.165) is 12.8 Å². The van der Waals surface area contributed by atoms with Crippen molar-refractivity contribution in [2.75, 3.05) is 6.61 Å². The van der Waals surface area contributed by atoms with Crippen LogP contribution >= 0.6 is 0 Å². The molecule has 0 saturated carbocycles. The van der Waals surface area contributed by atoms with E-state index in [1.165, 1.54) is 32.1 Å². The molecule has 0 aromatic rings. The normalized spacial score (nSPS) is 11.3. The second-order valence-corrected chi connectivity index (χ2v) is 5.95. The standard InChI is InChI=1S/C16H30O2/c1-6-16(4,5)12-10-8-7-9-11-13-18-15(17)14(2)3/h2,6-13H2,1,3-5H3. The van der Waals surface area contributed by atoms with E-state index in [1.807, 2.05) is 0 Å². The van der Waals surface area contributed by atoms with Crippen LogP contribution in [0.4, 0.5) is 0 Å². The maximum absolute atomic E-state index is 11.1. The van der Waals surface area contributed by atoms with Gasteiger partial charge in [-0.1, -0.05) is 59.5 Å². The van der Waals surface area contributed by atoms with Crippen LogP contribution in [0.5, 0.6) is 0 Å². The Hall–Kier alpha value is -0.790. The monoisotopic (exact) mass is 254 g/mol. The summed E-state index contributed by atoms with van der Waals surface area (Å²) in [7, 11) is 0. The summed E-state index contributed by atoms with van der Waals surface area (Å²) in [5.74, 6) is -0.264. The van der Waals surface area contributed by atoms with E-state index >= 15 is 0 Å². The molecule has 0 saturated heterocycles. The minimum atomic E-state index is -0.264. The molecule has 0 aliphatic carbocycles. The Balaban J connectivity index is 3.32. The van der Waals surface area contributed by atoms with Gasteiger partial charge >= 0.3 is 5.97 Å². The summed E-state index contributed by atoms with van der Waals surface area (Å²) in [5, 5.41) is 0. The van der Waals surface area contributed by atoms with Crippen molar-refractivity contribution < 1.29 is 9.53 Å². The van der Waals surface area contributed by atoms with Crippen molar-refractivity contribution in [3.05, 3.63) is 12.2 Å². The van der Waals surface area contributed by atoms with Gasteiger partial charge in [0.25, 0.3) is 0 Å². The lowest BCUT2D eigenvalue weighted by Crippen LogP contribution is -2.08. The van der Waals surface area contributed by atoms with E-state index in [-0.39, 0.29) is 5.97 Å². The van der Waals surface area contributed by atoms with Gasteiger partial charge in [0.1, 0.15) is 0 Å². The highest BCUT2D eigenvalue weighted by Gasteiger charge is 2.13. The summed E-state index contributed by atoms with van der Waals surface area (Å²) in [6.07, 6.45) is 8.53. The van der Waals surface area contributed by atoms with Gasteiger partial charge in [-0.15, -0.1) is 0 Å². The molecule has 18 heavy (non-hydrogen) atoms. The van der Waals surface area contributed by atoms with Crippen molar-refractivity contribution in [2.24, 2.45) is 5.41 Å². The van der Waals surface area contributed by atoms with Crippen LogP contribution in [0.3, 0.4) is 0 Å². The third-order valence-electron chi connectivity index (χ3n) is 3.54. The average molecular weight is 254 g/mol. The molecular weight excluding hydrogens is 224 g/mol. The number of ether oxygens (including phenoxy) is 1. The first kappa shape index (κ1) is 17.2. The highest BCUT2D eigenvalue weighted by atomic mass is 16.5. The van der Waals surface area contributed by atoms with Crippen LogP contribution in [0.2, 0.25) is 0 Å². The van der Waals surface area contributed by atoms with Crippen LogP contribution in [0.15, 0.2) is 12.2 Å². The van der Waals surface area contributed by atoms with E-state index in [4.69, 9.17) is 4.74 Å². The summed E-state index contributed by atoms with van der Waals surface area (Å²) in [4.78, 5) is 11.1. The molecule has 0 aromatic heterocycles. The summed E-state index contributed by atoms with van der Waals surface area (Å²) in [6.45, 7) is 12.7. The van der Waals surface area contributed by atoms with Crippen molar-refractivity contribution in [2.45, 2.75) is 72.6 Å². The fourth-order valence-corrected chi connectivity index (χ4v) is 1.70. The van der Waals surface area contributed by atoms with E-state index in [0.29, 0.717) is 17.6 Å². The van der Waals surface area contributed by atoms with Gasteiger partial charge in [-0.3, -0.25) is 0 Å². The molecule has 0 unspecified atom stereocenters. The molecule has 0 N–H and O–H groups in total. The molecule has 0 spiro atoms. The number of esters is 1. The first-order valence-electron chi connectivity index (χ1n) is 7.21. The molecule has 0 aliphatic rings. The zero-order valence-corrected chi connectivity index (χ0v) is 12.7. The molecule has 0 bridgehead atoms. The Kier molecular flexibility index (Phi) is 8.78. The fraction of sp³-hybridized carbons (Fsp3) is 0.812. The predicted octanol–water partition coefficient (Wildman–Crippen LogP) is 4.88. The number of hydrogen-bond acceptors (Lipinski definition) is 2. The van der Waals surface area contributed by atoms with Crippen LogP contribution in [0, 0.1) is 5.41 Å². The number of hydrogen-bond donors (Lipinski definition) is 0. The summed E-state index contributed by atoms with van der Waals surface area (Å²) >= 11 is 0. The third-order valence-corrected chi connectivity index (χ3v) is 3.54. The molecule has 0 amide bonds. The maximum atomic E-state index is 11.1. The Bertz CT molecular complexity index is 254. The van der Waals surface area contributed by atoms with Crippen molar-refractivity contribution in [3.63, 3.8) is 0 Å². The van der Waals surface area contributed by atoms with Gasteiger partial charge < -0.3 is 4.74 Å². The molecule has 0 aliphatic heterocycles. The van der Waals surface area contributed by atoms with Gasteiger partial charge in [0.05, 0.1) is 6.61 Å². The Morgan fingerprint density at radius 3 is 2.22 bits per heavy atom. The molecule has 2 heteroatoms. The first-order valence-corrected chi connectivity index (χ1v) is 7.21. The molecule has 0 heterocycles. The van der Waals surface area contributed by atoms with Crippen molar-refractivity contribution in [1.29, 1.82) is 0 Å². The largest absolute Gasteiger partial charge is 0.462 e. The minimum absolute atomic E-state index is 0.264. The van der Waals surface area contributed by atoms with Crippen molar-refractivity contribution in [3.8, 4) is 0 Å². The lowest BCUT2D eigenvalue weighted by Gasteiger charge is -2.22. The van der Waals surface area contributed by atoms with Crippen LogP contribution in [0.1, 0.15) is 72.6 Å². The van der Waals surface area contributed by atoms with Gasteiger partial charge in [0.15, 0.2) is 0 Å². The number of carbonyl (C=O) groups excluding carboxylic acids is 1. The molecule has 0 rings (SSSR count). The van der Waals surface area contributed by atoms with Gasteiger partial charge in [-0.05, 0) is 25.2 Å². The smallest absolute Gasteiger partial charge is 0.333 e. The predicted molar refractivity (Wildman–Crippen MR) is 77.5 cm³/mol. The lowest BCUT2D eigenvalue weighted by molar-refractivity contribution is -0.139. The average Bonchev–Trinajstić information content (AvgIpc) is 2.32. The third kappa shape index (κ3) is 9.26. The second-order valence-electron chi connectivity index (χ2n) is 5.95. The maximum Gasteiger partial charge on any atom is 0.333 e. The summed E-state index contributed by atoms with van der Waals surface area (Å²) in [6, 6.07) is 0. The molecule has 0 atom stereocenters. The Labute approximate surface area is 113 Å². The SMILES string of the molecule is C=C(C)C(=O)OCCCCCCCC(C)(C)CC. The zero-order valence-electron chi connectivity index (χ0n) is 12.7. The molecule has 106 valence electrons. The molecule has 2 nitrogen and oxygen atoms in total. The van der Waals surface area contributed by atoms with E-state index < -0.39 is 0 Å². The first-order chi connectivity index (χ1) is 8.39. The number of carbonyl (C=O) groups is 1. The zero-order chi connectivity index (χ0) is 14.0. The van der Waals surface area contributed by atoms with Crippen LogP contribution in [-0.2, 0) is 9.53 Å². The molecule has 0 fully saturated rings. The van der Waals surface area contributed by atoms with Crippen molar-refractivity contribution >= 4 is 5.97 Å². The Morgan fingerprint density at radius 1 is 1.11 bits per heavy atom. The fourth-order valence-electron chi connectivity index (χ4n) is 1.70. The van der Waals surface area contributed by atoms with Gasteiger partial charge in [-0.2, -0.15) is 0 Å². The summed E-state index contributed by atoms with van der Waals surface area (Å²) in [5.41, 5.74) is 0.980. The quantitative estimate of drug-likeness (QED) is 0.315. The highest BCUT2D eigenvalue weighted by Crippen LogP contribution is 2.27. The van der Waals surface area contributed by atoms with Gasteiger partial charge in [0.2, 0.25) is 0 Å². The molecular formula is C16H30O2. The lowest BCUT2D eigenvalue weighted by atomic mass is 9.84.